The summed E-state index contributed by atoms with van der Waals surface area (Å²) in [5.74, 6) is -1.94. The van der Waals surface area contributed by atoms with Gasteiger partial charge in [0.05, 0.1) is 16.3 Å². The molecule has 3 aromatic rings. The summed E-state index contributed by atoms with van der Waals surface area (Å²) in [5, 5.41) is 12.4. The summed E-state index contributed by atoms with van der Waals surface area (Å²) in [6.45, 7) is 0. The average molecular weight is 595 g/mol. The molecule has 1 aliphatic heterocycles. The number of hydrogen-bond donors (Lipinski definition) is 2. The number of esters is 1. The van der Waals surface area contributed by atoms with E-state index in [0.29, 0.717) is 11.4 Å². The molecule has 0 spiro atoms. The first kappa shape index (κ1) is 23.1. The highest BCUT2D eigenvalue weighted by Gasteiger charge is 2.38. The largest absolute Gasteiger partial charge is 0.506 e. The van der Waals surface area contributed by atoms with Crippen LogP contribution >= 0.6 is 45.8 Å². The third-order valence-corrected chi connectivity index (χ3v) is 6.02. The number of aromatic hydroxyl groups is 1. The fourth-order valence-electron chi connectivity index (χ4n) is 2.99. The van der Waals surface area contributed by atoms with E-state index in [1.54, 1.807) is 36.4 Å². The molecule has 0 bridgehead atoms. The topological polar surface area (TPSA) is 95.9 Å². The molecule has 166 valence electrons. The number of amides is 2. The van der Waals surface area contributed by atoms with Crippen LogP contribution in [0.4, 0.5) is 11.4 Å². The van der Waals surface area contributed by atoms with Crippen LogP contribution in [0.3, 0.4) is 0 Å². The molecular formula is C23H13Cl2IN2O5. The fraction of sp³-hybridized carbons (Fsp3) is 0. The van der Waals surface area contributed by atoms with Crippen LogP contribution in [-0.2, 0) is 9.59 Å². The van der Waals surface area contributed by atoms with Gasteiger partial charge in [-0.25, -0.2) is 9.69 Å². The molecule has 1 aliphatic rings. The first-order valence-corrected chi connectivity index (χ1v) is 11.2. The van der Waals surface area contributed by atoms with Gasteiger partial charge in [-0.15, -0.1) is 0 Å². The molecule has 0 fully saturated rings. The van der Waals surface area contributed by atoms with Gasteiger partial charge in [0.1, 0.15) is 22.2 Å². The molecule has 4 rings (SSSR count). The number of carbonyl (C=O) groups is 3. The van der Waals surface area contributed by atoms with Crippen molar-refractivity contribution in [1.29, 1.82) is 0 Å². The Balaban J connectivity index is 1.47. The van der Waals surface area contributed by atoms with E-state index < -0.39 is 17.8 Å². The Morgan fingerprint density at radius 1 is 0.939 bits per heavy atom. The number of phenols is 1. The number of phenolic OH excluding ortho intramolecular Hbond substituents is 1. The van der Waals surface area contributed by atoms with E-state index >= 15 is 0 Å². The molecule has 2 N–H and O–H groups in total. The van der Waals surface area contributed by atoms with E-state index in [-0.39, 0.29) is 32.8 Å². The summed E-state index contributed by atoms with van der Waals surface area (Å²) in [6, 6.07) is 17.0. The van der Waals surface area contributed by atoms with Gasteiger partial charge in [0, 0.05) is 15.3 Å². The molecule has 0 aromatic heterocycles. The van der Waals surface area contributed by atoms with Crippen LogP contribution in [0.25, 0.3) is 0 Å². The molecule has 10 heteroatoms. The number of hydrogen-bond acceptors (Lipinski definition) is 6. The van der Waals surface area contributed by atoms with E-state index in [9.17, 15) is 19.5 Å². The Morgan fingerprint density at radius 2 is 1.61 bits per heavy atom. The van der Waals surface area contributed by atoms with Crippen LogP contribution < -0.4 is 15.0 Å². The summed E-state index contributed by atoms with van der Waals surface area (Å²) in [5.41, 5.74) is 1.01. The summed E-state index contributed by atoms with van der Waals surface area (Å²) < 4.78 is 6.17. The van der Waals surface area contributed by atoms with Gasteiger partial charge in [0.25, 0.3) is 11.8 Å². The summed E-state index contributed by atoms with van der Waals surface area (Å²) in [7, 11) is 0. The quantitative estimate of drug-likeness (QED) is 0.180. The Hall–Kier alpha value is -3.08. The highest BCUT2D eigenvalue weighted by molar-refractivity contribution is 14.1. The number of nitrogens with one attached hydrogen (secondary N) is 1. The van der Waals surface area contributed by atoms with Gasteiger partial charge in [-0.05, 0) is 83.3 Å². The Labute approximate surface area is 211 Å². The van der Waals surface area contributed by atoms with E-state index in [1.165, 1.54) is 30.3 Å². The zero-order valence-corrected chi connectivity index (χ0v) is 20.2. The van der Waals surface area contributed by atoms with Crippen molar-refractivity contribution in [1.82, 2.24) is 0 Å². The lowest BCUT2D eigenvalue weighted by Gasteiger charge is -2.15. The van der Waals surface area contributed by atoms with Crippen LogP contribution in [0.1, 0.15) is 10.4 Å². The SMILES string of the molecule is O=C(Oc1ccc(Cl)c(O)c1)c1ccc(NC2=C(Cl)C(=O)N(c3ccc(I)cc3)C2=O)cc1. The number of ether oxygens (including phenoxy) is 1. The van der Waals surface area contributed by atoms with E-state index in [4.69, 9.17) is 27.9 Å². The van der Waals surface area contributed by atoms with Gasteiger partial charge in [-0.2, -0.15) is 0 Å². The number of rotatable bonds is 5. The van der Waals surface area contributed by atoms with Crippen molar-refractivity contribution in [2.24, 2.45) is 0 Å². The van der Waals surface area contributed by atoms with Gasteiger partial charge in [0.2, 0.25) is 0 Å². The van der Waals surface area contributed by atoms with Crippen molar-refractivity contribution in [3.8, 4) is 11.5 Å². The summed E-state index contributed by atoms with van der Waals surface area (Å²) in [4.78, 5) is 38.7. The molecule has 3 aromatic carbocycles. The molecule has 1 heterocycles. The Morgan fingerprint density at radius 3 is 2.24 bits per heavy atom. The van der Waals surface area contributed by atoms with Crippen molar-refractivity contribution < 1.29 is 24.2 Å². The first-order valence-electron chi connectivity index (χ1n) is 9.36. The maximum absolute atomic E-state index is 12.8. The standard InChI is InChI=1S/C23H13Cl2IN2O5/c24-17-10-9-16(11-18(17)29)33-23(32)12-1-5-14(6-2-12)27-20-19(25)21(30)28(22(20)31)15-7-3-13(26)4-8-15/h1-11,27,29H. The van der Waals surface area contributed by atoms with E-state index in [1.807, 2.05) is 0 Å². The zero-order valence-electron chi connectivity index (χ0n) is 16.5. The van der Waals surface area contributed by atoms with Gasteiger partial charge >= 0.3 is 5.97 Å². The molecule has 33 heavy (non-hydrogen) atoms. The molecular weight excluding hydrogens is 582 g/mol. The van der Waals surface area contributed by atoms with Gasteiger partial charge in [-0.1, -0.05) is 23.2 Å². The molecule has 0 atom stereocenters. The molecule has 0 unspecified atom stereocenters. The Kier molecular flexibility index (Phi) is 6.59. The molecule has 7 nitrogen and oxygen atoms in total. The smallest absolute Gasteiger partial charge is 0.343 e. The predicted molar refractivity (Wildman–Crippen MR) is 133 cm³/mol. The molecule has 0 saturated carbocycles. The van der Waals surface area contributed by atoms with E-state index in [0.717, 1.165) is 8.47 Å². The maximum atomic E-state index is 12.8. The molecule has 2 amide bonds. The van der Waals surface area contributed by atoms with Crippen molar-refractivity contribution in [2.45, 2.75) is 0 Å². The van der Waals surface area contributed by atoms with Crippen LogP contribution in [0.2, 0.25) is 5.02 Å². The molecule has 0 saturated heterocycles. The van der Waals surface area contributed by atoms with Crippen LogP contribution in [0.15, 0.2) is 77.5 Å². The highest BCUT2D eigenvalue weighted by atomic mass is 127. The third-order valence-electron chi connectivity index (χ3n) is 4.63. The van der Waals surface area contributed by atoms with Crippen LogP contribution in [0, 0.1) is 3.57 Å². The normalized spacial score (nSPS) is 13.5. The third kappa shape index (κ3) is 4.82. The van der Waals surface area contributed by atoms with Crippen molar-refractivity contribution in [3.05, 3.63) is 91.6 Å². The van der Waals surface area contributed by atoms with Crippen LogP contribution in [0.5, 0.6) is 11.5 Å². The van der Waals surface area contributed by atoms with Crippen molar-refractivity contribution in [2.75, 3.05) is 10.2 Å². The summed E-state index contributed by atoms with van der Waals surface area (Å²) in [6.07, 6.45) is 0. The van der Waals surface area contributed by atoms with E-state index in [2.05, 4.69) is 27.9 Å². The second kappa shape index (κ2) is 9.42. The average Bonchev–Trinajstić information content (AvgIpc) is 3.00. The number of halogens is 3. The number of benzene rings is 3. The number of anilines is 2. The number of nitrogens with zero attached hydrogens (tertiary/aromatic N) is 1. The molecule has 0 aliphatic carbocycles. The predicted octanol–water partition coefficient (Wildman–Crippen LogP) is 5.31. The minimum absolute atomic E-state index is 0.0628. The minimum Gasteiger partial charge on any atom is -0.506 e. The van der Waals surface area contributed by atoms with Crippen molar-refractivity contribution in [3.63, 3.8) is 0 Å². The monoisotopic (exact) mass is 594 g/mol. The van der Waals surface area contributed by atoms with Gasteiger partial charge < -0.3 is 15.2 Å². The number of carbonyl (C=O) groups excluding carboxylic acids is 3. The van der Waals surface area contributed by atoms with Crippen molar-refractivity contribution >= 4 is 75.0 Å². The Bertz CT molecular complexity index is 1310. The number of imide groups is 1. The highest BCUT2D eigenvalue weighted by Crippen LogP contribution is 2.31. The first-order chi connectivity index (χ1) is 15.7. The lowest BCUT2D eigenvalue weighted by molar-refractivity contribution is -0.120. The lowest BCUT2D eigenvalue weighted by Crippen LogP contribution is -2.32. The van der Waals surface area contributed by atoms with Gasteiger partial charge in [0.15, 0.2) is 0 Å². The molecule has 0 radical (unpaired) electrons. The maximum Gasteiger partial charge on any atom is 0.343 e. The lowest BCUT2D eigenvalue weighted by atomic mass is 10.2. The second-order valence-corrected chi connectivity index (χ2v) is 8.85. The minimum atomic E-state index is -0.655. The second-order valence-electron chi connectivity index (χ2n) is 6.82. The summed E-state index contributed by atoms with van der Waals surface area (Å²) >= 11 is 14.0. The van der Waals surface area contributed by atoms with Crippen LogP contribution in [-0.4, -0.2) is 22.9 Å². The van der Waals surface area contributed by atoms with Gasteiger partial charge in [-0.3, -0.25) is 9.59 Å². The fourth-order valence-corrected chi connectivity index (χ4v) is 3.68. The zero-order chi connectivity index (χ0) is 23.7.